The average molecular weight is 309 g/mol. The molecule has 1 aromatic heterocycles. The number of rotatable bonds is 1. The van der Waals surface area contributed by atoms with Crippen molar-refractivity contribution in [1.82, 2.24) is 9.97 Å². The van der Waals surface area contributed by atoms with Gasteiger partial charge in [-0.25, -0.2) is 4.98 Å². The van der Waals surface area contributed by atoms with E-state index in [1.807, 2.05) is 53.1 Å². The SMILES string of the molecule is CC1CSc2ccccc2N1C(=O)c1ccc2nc[nH]c2c1. The highest BCUT2D eigenvalue weighted by Crippen LogP contribution is 2.38. The summed E-state index contributed by atoms with van der Waals surface area (Å²) >= 11 is 1.81. The largest absolute Gasteiger partial charge is 0.345 e. The lowest BCUT2D eigenvalue weighted by molar-refractivity contribution is 0.0979. The van der Waals surface area contributed by atoms with Crippen LogP contribution in [0.15, 0.2) is 53.7 Å². The molecule has 1 N–H and O–H groups in total. The second-order valence-corrected chi connectivity index (χ2v) is 6.50. The summed E-state index contributed by atoms with van der Waals surface area (Å²) in [5, 5.41) is 0. The lowest BCUT2D eigenvalue weighted by Crippen LogP contribution is -2.42. The highest BCUT2D eigenvalue weighted by atomic mass is 32.2. The molecule has 0 spiro atoms. The number of thioether (sulfide) groups is 1. The summed E-state index contributed by atoms with van der Waals surface area (Å²) in [6.45, 7) is 2.09. The molecule has 0 aliphatic carbocycles. The fraction of sp³-hybridized carbons (Fsp3) is 0.176. The molecule has 22 heavy (non-hydrogen) atoms. The molecule has 0 saturated carbocycles. The smallest absolute Gasteiger partial charge is 0.258 e. The van der Waals surface area contributed by atoms with Gasteiger partial charge in [-0.2, -0.15) is 0 Å². The molecule has 0 bridgehead atoms. The van der Waals surface area contributed by atoms with Crippen molar-refractivity contribution in [3.63, 3.8) is 0 Å². The molecule has 4 rings (SSSR count). The Morgan fingerprint density at radius 1 is 1.32 bits per heavy atom. The Morgan fingerprint density at radius 2 is 2.18 bits per heavy atom. The highest BCUT2D eigenvalue weighted by molar-refractivity contribution is 7.99. The van der Waals surface area contributed by atoms with Crippen LogP contribution in [0, 0.1) is 0 Å². The minimum Gasteiger partial charge on any atom is -0.345 e. The number of para-hydroxylation sites is 1. The number of imidazole rings is 1. The van der Waals surface area contributed by atoms with Crippen LogP contribution in [-0.4, -0.2) is 27.7 Å². The molecule has 0 fully saturated rings. The second kappa shape index (κ2) is 5.18. The van der Waals surface area contributed by atoms with Gasteiger partial charge in [0.1, 0.15) is 0 Å². The van der Waals surface area contributed by atoms with Gasteiger partial charge in [-0.05, 0) is 37.3 Å². The van der Waals surface area contributed by atoms with E-state index < -0.39 is 0 Å². The maximum absolute atomic E-state index is 13.0. The van der Waals surface area contributed by atoms with Crippen molar-refractivity contribution in [1.29, 1.82) is 0 Å². The van der Waals surface area contributed by atoms with Gasteiger partial charge in [-0.1, -0.05) is 12.1 Å². The van der Waals surface area contributed by atoms with Crippen molar-refractivity contribution in [2.45, 2.75) is 17.9 Å². The van der Waals surface area contributed by atoms with Crippen LogP contribution in [0.3, 0.4) is 0 Å². The van der Waals surface area contributed by atoms with E-state index in [4.69, 9.17) is 0 Å². The molecule has 5 heteroatoms. The molecule has 1 atom stereocenters. The molecule has 0 radical (unpaired) electrons. The van der Waals surface area contributed by atoms with E-state index in [-0.39, 0.29) is 11.9 Å². The Kier molecular flexibility index (Phi) is 3.15. The topological polar surface area (TPSA) is 49.0 Å². The zero-order valence-corrected chi connectivity index (χ0v) is 12.9. The van der Waals surface area contributed by atoms with E-state index in [1.54, 1.807) is 6.33 Å². The number of amides is 1. The van der Waals surface area contributed by atoms with Gasteiger partial charge in [0, 0.05) is 22.3 Å². The first-order chi connectivity index (χ1) is 10.7. The van der Waals surface area contributed by atoms with Crippen molar-refractivity contribution in [2.24, 2.45) is 0 Å². The molecule has 2 aromatic carbocycles. The Labute approximate surface area is 132 Å². The zero-order valence-electron chi connectivity index (χ0n) is 12.1. The Bertz CT molecular complexity index is 858. The molecule has 3 aromatic rings. The van der Waals surface area contributed by atoms with Gasteiger partial charge in [-0.3, -0.25) is 4.79 Å². The van der Waals surface area contributed by atoms with E-state index >= 15 is 0 Å². The number of carbonyl (C=O) groups is 1. The molecule has 1 aliphatic heterocycles. The van der Waals surface area contributed by atoms with E-state index in [0.29, 0.717) is 5.56 Å². The van der Waals surface area contributed by atoms with Gasteiger partial charge in [0.2, 0.25) is 0 Å². The molecule has 110 valence electrons. The van der Waals surface area contributed by atoms with Crippen LogP contribution in [0.2, 0.25) is 0 Å². The molecule has 4 nitrogen and oxygen atoms in total. The summed E-state index contributed by atoms with van der Waals surface area (Å²) in [5.41, 5.74) is 3.45. The van der Waals surface area contributed by atoms with Crippen molar-refractivity contribution in [3.8, 4) is 0 Å². The van der Waals surface area contributed by atoms with E-state index in [9.17, 15) is 4.79 Å². The number of hydrogen-bond acceptors (Lipinski definition) is 3. The number of anilines is 1. The van der Waals surface area contributed by atoms with Crippen molar-refractivity contribution in [2.75, 3.05) is 10.7 Å². The van der Waals surface area contributed by atoms with Crippen LogP contribution in [0.1, 0.15) is 17.3 Å². The normalized spacial score (nSPS) is 17.5. The molecular weight excluding hydrogens is 294 g/mol. The molecule has 2 heterocycles. The highest BCUT2D eigenvalue weighted by Gasteiger charge is 2.29. The summed E-state index contributed by atoms with van der Waals surface area (Å²) in [6.07, 6.45) is 1.65. The minimum absolute atomic E-state index is 0.0387. The maximum atomic E-state index is 13.0. The molecule has 0 saturated heterocycles. The van der Waals surface area contributed by atoms with E-state index in [2.05, 4.69) is 23.0 Å². The maximum Gasteiger partial charge on any atom is 0.258 e. The Balaban J connectivity index is 1.78. The van der Waals surface area contributed by atoms with Crippen molar-refractivity contribution in [3.05, 3.63) is 54.4 Å². The summed E-state index contributed by atoms with van der Waals surface area (Å²) < 4.78 is 0. The van der Waals surface area contributed by atoms with Gasteiger partial charge in [0.05, 0.1) is 23.0 Å². The van der Waals surface area contributed by atoms with Crippen LogP contribution >= 0.6 is 11.8 Å². The summed E-state index contributed by atoms with van der Waals surface area (Å²) in [5.74, 6) is 0.950. The number of nitrogens with zero attached hydrogens (tertiary/aromatic N) is 2. The zero-order chi connectivity index (χ0) is 15.1. The number of hydrogen-bond donors (Lipinski definition) is 1. The van der Waals surface area contributed by atoms with E-state index in [1.165, 1.54) is 0 Å². The number of aromatic nitrogens is 2. The van der Waals surface area contributed by atoms with Crippen LogP contribution in [0.4, 0.5) is 5.69 Å². The summed E-state index contributed by atoms with van der Waals surface area (Å²) in [7, 11) is 0. The number of nitrogens with one attached hydrogen (secondary N) is 1. The number of carbonyl (C=O) groups excluding carboxylic acids is 1. The molecular formula is C17H15N3OS. The fourth-order valence-electron chi connectivity index (χ4n) is 2.82. The molecule has 1 amide bonds. The number of benzene rings is 2. The van der Waals surface area contributed by atoms with Crippen LogP contribution in [-0.2, 0) is 0 Å². The predicted octanol–water partition coefficient (Wildman–Crippen LogP) is 3.70. The summed E-state index contributed by atoms with van der Waals surface area (Å²) in [4.78, 5) is 23.4. The first-order valence-corrected chi connectivity index (χ1v) is 8.21. The monoisotopic (exact) mass is 309 g/mol. The first kappa shape index (κ1) is 13.4. The van der Waals surface area contributed by atoms with Gasteiger partial charge in [0.25, 0.3) is 5.91 Å². The predicted molar refractivity (Wildman–Crippen MR) is 89.5 cm³/mol. The third kappa shape index (κ3) is 2.09. The first-order valence-electron chi connectivity index (χ1n) is 7.22. The van der Waals surface area contributed by atoms with Crippen LogP contribution < -0.4 is 4.90 Å². The average Bonchev–Trinajstić information content (AvgIpc) is 3.01. The van der Waals surface area contributed by atoms with Gasteiger partial charge in [-0.15, -0.1) is 11.8 Å². The minimum atomic E-state index is 0.0387. The standard InChI is InChI=1S/C17H15N3OS/c1-11-9-22-16-5-3-2-4-15(16)20(11)17(21)12-6-7-13-14(8-12)19-10-18-13/h2-8,10-11H,9H2,1H3,(H,18,19). The quantitative estimate of drug-likeness (QED) is 0.745. The van der Waals surface area contributed by atoms with Gasteiger partial charge < -0.3 is 9.88 Å². The molecule has 1 unspecified atom stereocenters. The van der Waals surface area contributed by atoms with E-state index in [0.717, 1.165) is 27.4 Å². The van der Waals surface area contributed by atoms with Crippen LogP contribution in [0.5, 0.6) is 0 Å². The lowest BCUT2D eigenvalue weighted by atomic mass is 10.1. The lowest BCUT2D eigenvalue weighted by Gasteiger charge is -2.34. The van der Waals surface area contributed by atoms with Gasteiger partial charge in [0.15, 0.2) is 0 Å². The second-order valence-electron chi connectivity index (χ2n) is 5.44. The number of H-pyrrole nitrogens is 1. The van der Waals surface area contributed by atoms with Crippen molar-refractivity contribution < 1.29 is 4.79 Å². The fourth-order valence-corrected chi connectivity index (χ4v) is 3.88. The Hall–Kier alpha value is -2.27. The number of aromatic amines is 1. The van der Waals surface area contributed by atoms with Crippen molar-refractivity contribution >= 4 is 34.4 Å². The third-order valence-electron chi connectivity index (χ3n) is 3.93. The third-order valence-corrected chi connectivity index (χ3v) is 5.24. The summed E-state index contributed by atoms with van der Waals surface area (Å²) in [6, 6.07) is 13.9. The number of fused-ring (bicyclic) bond motifs is 2. The Morgan fingerprint density at radius 3 is 3.09 bits per heavy atom. The van der Waals surface area contributed by atoms with Gasteiger partial charge >= 0.3 is 0 Å². The molecule has 1 aliphatic rings. The van der Waals surface area contributed by atoms with Crippen LogP contribution in [0.25, 0.3) is 11.0 Å².